The third-order valence-corrected chi connectivity index (χ3v) is 2.26. The molecule has 5 nitrogen and oxygen atoms in total. The minimum Gasteiger partial charge on any atom is -0.469 e. The second-order valence-electron chi connectivity index (χ2n) is 3.18. The summed E-state index contributed by atoms with van der Waals surface area (Å²) in [5, 5.41) is 10.6. The van der Waals surface area contributed by atoms with Crippen LogP contribution in [-0.4, -0.2) is 18.0 Å². The Kier molecular flexibility index (Phi) is 3.55. The number of hydrogen-bond acceptors (Lipinski definition) is 4. The van der Waals surface area contributed by atoms with Crippen LogP contribution in [-0.2, 0) is 16.0 Å². The first-order valence-electron chi connectivity index (χ1n) is 4.46. The van der Waals surface area contributed by atoms with E-state index >= 15 is 0 Å². The van der Waals surface area contributed by atoms with Gasteiger partial charge in [-0.25, -0.2) is 4.39 Å². The Labute approximate surface area is 91.0 Å². The van der Waals surface area contributed by atoms with Gasteiger partial charge in [0.2, 0.25) is 0 Å². The Bertz CT molecular complexity index is 445. The molecule has 0 N–H and O–H groups in total. The maximum atomic E-state index is 13.4. The average molecular weight is 227 g/mol. The number of nitro benzene ring substituents is 1. The van der Waals surface area contributed by atoms with Crippen LogP contribution in [0.25, 0.3) is 0 Å². The molecule has 0 aromatic heterocycles. The molecule has 0 radical (unpaired) electrons. The topological polar surface area (TPSA) is 69.4 Å². The summed E-state index contributed by atoms with van der Waals surface area (Å²) in [4.78, 5) is 21.0. The largest absolute Gasteiger partial charge is 0.469 e. The highest BCUT2D eigenvalue weighted by atomic mass is 19.1. The van der Waals surface area contributed by atoms with E-state index in [0.717, 1.165) is 12.1 Å². The monoisotopic (exact) mass is 227 g/mol. The minimum atomic E-state index is -0.645. The van der Waals surface area contributed by atoms with Crippen LogP contribution < -0.4 is 0 Å². The molecule has 1 aromatic rings. The third kappa shape index (κ3) is 2.33. The van der Waals surface area contributed by atoms with Crippen molar-refractivity contribution in [3.05, 3.63) is 39.2 Å². The van der Waals surface area contributed by atoms with Crippen molar-refractivity contribution in [3.8, 4) is 0 Å². The number of esters is 1. The van der Waals surface area contributed by atoms with Gasteiger partial charge in [-0.05, 0) is 13.0 Å². The first-order valence-corrected chi connectivity index (χ1v) is 4.46. The van der Waals surface area contributed by atoms with Crippen LogP contribution in [0.1, 0.15) is 11.1 Å². The Morgan fingerprint density at radius 2 is 2.19 bits per heavy atom. The van der Waals surface area contributed by atoms with E-state index in [-0.39, 0.29) is 23.2 Å². The first-order chi connectivity index (χ1) is 7.47. The molecule has 1 aromatic carbocycles. The molecule has 0 spiro atoms. The fraction of sp³-hybridized carbons (Fsp3) is 0.300. The molecule has 0 saturated heterocycles. The maximum absolute atomic E-state index is 13.4. The zero-order valence-corrected chi connectivity index (χ0v) is 8.82. The smallest absolute Gasteiger partial charge is 0.310 e. The van der Waals surface area contributed by atoms with Crippen molar-refractivity contribution in [1.29, 1.82) is 0 Å². The molecule has 0 aliphatic rings. The van der Waals surface area contributed by atoms with Crippen LogP contribution in [0.5, 0.6) is 0 Å². The molecular formula is C10H10FNO4. The molecule has 0 saturated carbocycles. The van der Waals surface area contributed by atoms with E-state index in [1.165, 1.54) is 14.0 Å². The summed E-state index contributed by atoms with van der Waals surface area (Å²) in [7, 11) is 1.17. The van der Waals surface area contributed by atoms with E-state index in [0.29, 0.717) is 0 Å². The number of halogens is 1. The third-order valence-electron chi connectivity index (χ3n) is 2.26. The molecule has 0 unspecified atom stereocenters. The maximum Gasteiger partial charge on any atom is 0.310 e. The van der Waals surface area contributed by atoms with Crippen molar-refractivity contribution in [2.45, 2.75) is 13.3 Å². The van der Waals surface area contributed by atoms with E-state index < -0.39 is 16.7 Å². The molecule has 0 atom stereocenters. The van der Waals surface area contributed by atoms with Gasteiger partial charge in [0.25, 0.3) is 5.69 Å². The number of nitrogens with zero attached hydrogens (tertiary/aromatic N) is 1. The van der Waals surface area contributed by atoms with Crippen LogP contribution >= 0.6 is 0 Å². The molecule has 0 heterocycles. The van der Waals surface area contributed by atoms with Crippen molar-refractivity contribution in [2.75, 3.05) is 7.11 Å². The van der Waals surface area contributed by atoms with E-state index in [9.17, 15) is 19.3 Å². The fourth-order valence-electron chi connectivity index (χ4n) is 1.34. The summed E-state index contributed by atoms with van der Waals surface area (Å²) in [6, 6.07) is 2.05. The number of hydrogen-bond donors (Lipinski definition) is 0. The van der Waals surface area contributed by atoms with E-state index in [1.54, 1.807) is 0 Å². The number of rotatable bonds is 3. The molecule has 0 aliphatic heterocycles. The number of carbonyl (C=O) groups excluding carboxylic acids is 1. The van der Waals surface area contributed by atoms with Gasteiger partial charge in [-0.15, -0.1) is 0 Å². The summed E-state index contributed by atoms with van der Waals surface area (Å²) in [6.45, 7) is 1.40. The minimum absolute atomic E-state index is 0.000972. The van der Waals surface area contributed by atoms with Crippen molar-refractivity contribution >= 4 is 11.7 Å². The van der Waals surface area contributed by atoms with E-state index in [1.807, 2.05) is 0 Å². The number of carbonyl (C=O) groups is 1. The lowest BCUT2D eigenvalue weighted by Gasteiger charge is -2.06. The second-order valence-corrected chi connectivity index (χ2v) is 3.18. The first kappa shape index (κ1) is 12.1. The highest BCUT2D eigenvalue weighted by Crippen LogP contribution is 2.24. The molecule has 6 heteroatoms. The van der Waals surface area contributed by atoms with Crippen LogP contribution in [0.2, 0.25) is 0 Å². The predicted molar refractivity (Wildman–Crippen MR) is 53.5 cm³/mol. The van der Waals surface area contributed by atoms with Crippen LogP contribution in [0.3, 0.4) is 0 Å². The lowest BCUT2D eigenvalue weighted by Crippen LogP contribution is -2.09. The molecule has 0 amide bonds. The van der Waals surface area contributed by atoms with Gasteiger partial charge in [0.1, 0.15) is 5.82 Å². The van der Waals surface area contributed by atoms with Crippen molar-refractivity contribution < 1.29 is 18.8 Å². The van der Waals surface area contributed by atoms with Gasteiger partial charge in [-0.1, -0.05) is 0 Å². The number of methoxy groups -OCH3 is 1. The highest BCUT2D eigenvalue weighted by molar-refractivity contribution is 5.73. The average Bonchev–Trinajstić information content (AvgIpc) is 2.23. The molecular weight excluding hydrogens is 217 g/mol. The predicted octanol–water partition coefficient (Wildman–Crippen LogP) is 1.76. The number of ether oxygens (including phenoxy) is 1. The van der Waals surface area contributed by atoms with Crippen LogP contribution in [0.4, 0.5) is 10.1 Å². The summed E-state index contributed by atoms with van der Waals surface area (Å²) in [5.74, 6) is -1.28. The van der Waals surface area contributed by atoms with Gasteiger partial charge in [0.15, 0.2) is 0 Å². The molecule has 0 aliphatic carbocycles. The second kappa shape index (κ2) is 4.69. The van der Waals surface area contributed by atoms with E-state index in [4.69, 9.17) is 0 Å². The van der Waals surface area contributed by atoms with Crippen molar-refractivity contribution in [1.82, 2.24) is 0 Å². The fourth-order valence-corrected chi connectivity index (χ4v) is 1.34. The summed E-state index contributed by atoms with van der Waals surface area (Å²) in [6.07, 6.45) is -0.310. The molecule has 86 valence electrons. The van der Waals surface area contributed by atoms with Gasteiger partial charge >= 0.3 is 5.97 Å². The standard InChI is InChI=1S/C10H10FNO4/c1-6-7(5-10(13)16-2)8(11)3-4-9(6)12(14)15/h3-4H,5H2,1-2H3. The Morgan fingerprint density at radius 1 is 1.56 bits per heavy atom. The normalized spacial score (nSPS) is 9.94. The summed E-state index contributed by atoms with van der Waals surface area (Å²) >= 11 is 0. The van der Waals surface area contributed by atoms with Gasteiger partial charge in [0.05, 0.1) is 18.5 Å². The Morgan fingerprint density at radius 3 is 2.69 bits per heavy atom. The van der Waals surface area contributed by atoms with Gasteiger partial charge in [-0.3, -0.25) is 14.9 Å². The Hall–Kier alpha value is -1.98. The number of nitro groups is 1. The van der Waals surface area contributed by atoms with Gasteiger partial charge < -0.3 is 4.74 Å². The lowest BCUT2D eigenvalue weighted by molar-refractivity contribution is -0.385. The van der Waals surface area contributed by atoms with Crippen LogP contribution in [0, 0.1) is 22.9 Å². The zero-order chi connectivity index (χ0) is 12.3. The number of benzene rings is 1. The summed E-state index contributed by atoms with van der Waals surface area (Å²) in [5.41, 5.74) is -0.0586. The lowest BCUT2D eigenvalue weighted by atomic mass is 10.0. The SMILES string of the molecule is COC(=O)Cc1c(F)ccc([N+](=O)[O-])c1C. The van der Waals surface area contributed by atoms with Gasteiger partial charge in [0, 0.05) is 17.2 Å². The van der Waals surface area contributed by atoms with Crippen molar-refractivity contribution in [3.63, 3.8) is 0 Å². The molecule has 1 rings (SSSR count). The van der Waals surface area contributed by atoms with Crippen molar-refractivity contribution in [2.24, 2.45) is 0 Å². The van der Waals surface area contributed by atoms with Crippen LogP contribution in [0.15, 0.2) is 12.1 Å². The Balaban J connectivity index is 3.21. The molecule has 16 heavy (non-hydrogen) atoms. The summed E-state index contributed by atoms with van der Waals surface area (Å²) < 4.78 is 17.7. The quantitative estimate of drug-likeness (QED) is 0.448. The molecule has 0 fully saturated rings. The van der Waals surface area contributed by atoms with Gasteiger partial charge in [-0.2, -0.15) is 0 Å². The zero-order valence-electron chi connectivity index (χ0n) is 8.82. The molecule has 0 bridgehead atoms. The highest BCUT2D eigenvalue weighted by Gasteiger charge is 2.19. The van der Waals surface area contributed by atoms with E-state index in [2.05, 4.69) is 4.74 Å².